The lowest BCUT2D eigenvalue weighted by atomic mass is 10.9. The van der Waals surface area contributed by atoms with Crippen LogP contribution in [-0.4, -0.2) is 28.8 Å². The maximum atomic E-state index is 4.12. The fourth-order valence-corrected chi connectivity index (χ4v) is 2.38. The normalized spacial score (nSPS) is 10.0. The van der Waals surface area contributed by atoms with Crippen LogP contribution in [0.4, 0.5) is 0 Å². The fraction of sp³-hybridized carbons (Fsp3) is 1.00. The summed E-state index contributed by atoms with van der Waals surface area (Å²) in [5, 5.41) is 0. The number of thiol groups is 1. The van der Waals surface area contributed by atoms with Gasteiger partial charge in [-0.2, -0.15) is 36.2 Å². The van der Waals surface area contributed by atoms with Crippen LogP contribution in [0.2, 0.25) is 0 Å². The summed E-state index contributed by atoms with van der Waals surface area (Å²) in [6, 6.07) is 0. The molecule has 0 N–H and O–H groups in total. The van der Waals surface area contributed by atoms with Crippen LogP contribution in [0.3, 0.4) is 0 Å². The van der Waals surface area contributed by atoms with Crippen molar-refractivity contribution in [3.63, 3.8) is 0 Å². The minimum atomic E-state index is 1.02. The summed E-state index contributed by atoms with van der Waals surface area (Å²) in [7, 11) is 0. The van der Waals surface area contributed by atoms with E-state index in [1.807, 2.05) is 23.5 Å². The molecular formula is C6H14S3. The van der Waals surface area contributed by atoms with Crippen molar-refractivity contribution in [2.75, 3.05) is 28.8 Å². The predicted octanol–water partition coefficient (Wildman–Crippen LogP) is 2.40. The summed E-state index contributed by atoms with van der Waals surface area (Å²) in [6.45, 7) is 2.20. The lowest BCUT2D eigenvalue weighted by molar-refractivity contribution is 1.46. The molecule has 9 heavy (non-hydrogen) atoms. The zero-order chi connectivity index (χ0) is 6.95. The Balaban J connectivity index is 2.60. The molecule has 0 nitrogen and oxygen atoms in total. The number of hydrogen-bond donors (Lipinski definition) is 1. The van der Waals surface area contributed by atoms with Gasteiger partial charge in [0.15, 0.2) is 0 Å². The van der Waals surface area contributed by atoms with E-state index in [4.69, 9.17) is 0 Å². The molecule has 0 rings (SSSR count). The summed E-state index contributed by atoms with van der Waals surface area (Å²) in [4.78, 5) is 0. The van der Waals surface area contributed by atoms with E-state index in [0.717, 1.165) is 5.75 Å². The molecule has 0 aromatic rings. The molecule has 56 valence electrons. The molecule has 0 radical (unpaired) electrons. The zero-order valence-corrected chi connectivity index (χ0v) is 8.33. The Hall–Kier alpha value is 1.05. The Morgan fingerprint density at radius 1 is 1.11 bits per heavy atom. The Morgan fingerprint density at radius 3 is 2.33 bits per heavy atom. The van der Waals surface area contributed by atoms with Gasteiger partial charge in [-0.3, -0.25) is 0 Å². The van der Waals surface area contributed by atoms with Crippen LogP contribution in [0.25, 0.3) is 0 Å². The first-order valence-corrected chi connectivity index (χ1v) is 6.12. The van der Waals surface area contributed by atoms with Gasteiger partial charge in [0.1, 0.15) is 0 Å². The van der Waals surface area contributed by atoms with E-state index in [1.54, 1.807) is 0 Å². The van der Waals surface area contributed by atoms with Crippen LogP contribution in [0.15, 0.2) is 0 Å². The third kappa shape index (κ3) is 9.05. The fourth-order valence-electron chi connectivity index (χ4n) is 0.429. The quantitative estimate of drug-likeness (QED) is 0.495. The average molecular weight is 182 g/mol. The molecule has 0 amide bonds. The Labute approximate surface area is 72.0 Å². The minimum Gasteiger partial charge on any atom is -0.179 e. The van der Waals surface area contributed by atoms with Crippen LogP contribution >= 0.6 is 36.2 Å². The molecule has 0 aliphatic rings. The minimum absolute atomic E-state index is 1.02. The van der Waals surface area contributed by atoms with Crippen molar-refractivity contribution in [3.8, 4) is 0 Å². The molecule has 0 aliphatic heterocycles. The zero-order valence-electron chi connectivity index (χ0n) is 5.80. The van der Waals surface area contributed by atoms with E-state index in [9.17, 15) is 0 Å². The average Bonchev–Trinajstić information content (AvgIpc) is 1.89. The summed E-state index contributed by atoms with van der Waals surface area (Å²) >= 11 is 8.13. The van der Waals surface area contributed by atoms with Gasteiger partial charge in [0.2, 0.25) is 0 Å². The summed E-state index contributed by atoms with van der Waals surface area (Å²) < 4.78 is 0. The van der Waals surface area contributed by atoms with Gasteiger partial charge in [-0.1, -0.05) is 6.92 Å². The van der Waals surface area contributed by atoms with Crippen molar-refractivity contribution in [1.29, 1.82) is 0 Å². The molecule has 0 bridgehead atoms. The van der Waals surface area contributed by atoms with Gasteiger partial charge in [0, 0.05) is 17.3 Å². The molecule has 0 atom stereocenters. The van der Waals surface area contributed by atoms with Crippen molar-refractivity contribution in [1.82, 2.24) is 0 Å². The molecule has 3 heteroatoms. The second-order valence-corrected chi connectivity index (χ2v) is 4.60. The summed E-state index contributed by atoms with van der Waals surface area (Å²) in [5.74, 6) is 6.06. The largest absolute Gasteiger partial charge is 0.179 e. The summed E-state index contributed by atoms with van der Waals surface area (Å²) in [5.41, 5.74) is 0. The standard InChI is InChI=1S/C6H14S3/c1-2-8-5-6-9-4-3-7/h7H,2-6H2,1H3. The monoisotopic (exact) mass is 182 g/mol. The first-order chi connectivity index (χ1) is 4.41. The first kappa shape index (κ1) is 10.0. The summed E-state index contributed by atoms with van der Waals surface area (Å²) in [6.07, 6.45) is 0. The SMILES string of the molecule is CCSCCSCCS. The maximum Gasteiger partial charge on any atom is 0.00238 e. The second-order valence-electron chi connectivity index (χ2n) is 1.53. The number of hydrogen-bond acceptors (Lipinski definition) is 3. The predicted molar refractivity (Wildman–Crippen MR) is 54.2 cm³/mol. The van der Waals surface area contributed by atoms with Crippen molar-refractivity contribution in [3.05, 3.63) is 0 Å². The van der Waals surface area contributed by atoms with Crippen molar-refractivity contribution < 1.29 is 0 Å². The molecule has 0 aliphatic carbocycles. The maximum absolute atomic E-state index is 4.12. The molecule has 0 spiro atoms. The van der Waals surface area contributed by atoms with Gasteiger partial charge >= 0.3 is 0 Å². The van der Waals surface area contributed by atoms with Crippen LogP contribution in [0.5, 0.6) is 0 Å². The highest BCUT2D eigenvalue weighted by Crippen LogP contribution is 2.05. The van der Waals surface area contributed by atoms with Gasteiger partial charge < -0.3 is 0 Å². The van der Waals surface area contributed by atoms with E-state index in [2.05, 4.69) is 19.6 Å². The molecule has 0 saturated carbocycles. The lowest BCUT2D eigenvalue weighted by Crippen LogP contribution is -1.87. The topological polar surface area (TPSA) is 0 Å². The molecule has 0 fully saturated rings. The molecule has 0 saturated heterocycles. The van der Waals surface area contributed by atoms with Crippen LogP contribution in [0, 0.1) is 0 Å². The van der Waals surface area contributed by atoms with Gasteiger partial charge in [0.25, 0.3) is 0 Å². The third-order valence-corrected chi connectivity index (χ3v) is 3.48. The van der Waals surface area contributed by atoms with E-state index in [-0.39, 0.29) is 0 Å². The number of rotatable bonds is 6. The Morgan fingerprint density at radius 2 is 1.78 bits per heavy atom. The molecule has 0 aromatic carbocycles. The van der Waals surface area contributed by atoms with Crippen LogP contribution < -0.4 is 0 Å². The first-order valence-electron chi connectivity index (χ1n) is 3.18. The van der Waals surface area contributed by atoms with Crippen LogP contribution in [-0.2, 0) is 0 Å². The number of thioether (sulfide) groups is 2. The van der Waals surface area contributed by atoms with Crippen LogP contribution in [0.1, 0.15) is 6.92 Å². The second kappa shape index (κ2) is 9.05. The molecule has 0 heterocycles. The van der Waals surface area contributed by atoms with Gasteiger partial charge in [0.05, 0.1) is 0 Å². The van der Waals surface area contributed by atoms with Gasteiger partial charge in [-0.05, 0) is 11.5 Å². The van der Waals surface area contributed by atoms with Gasteiger partial charge in [-0.25, -0.2) is 0 Å². The van der Waals surface area contributed by atoms with E-state index < -0.39 is 0 Å². The Kier molecular flexibility index (Phi) is 10.1. The highest BCUT2D eigenvalue weighted by molar-refractivity contribution is 8.03. The van der Waals surface area contributed by atoms with E-state index >= 15 is 0 Å². The molecule has 0 unspecified atom stereocenters. The highest BCUT2D eigenvalue weighted by atomic mass is 32.2. The highest BCUT2D eigenvalue weighted by Gasteiger charge is 1.86. The van der Waals surface area contributed by atoms with Crippen molar-refractivity contribution in [2.24, 2.45) is 0 Å². The van der Waals surface area contributed by atoms with Crippen molar-refractivity contribution in [2.45, 2.75) is 6.92 Å². The third-order valence-electron chi connectivity index (χ3n) is 0.812. The smallest absolute Gasteiger partial charge is 0.00238 e. The van der Waals surface area contributed by atoms with Crippen molar-refractivity contribution >= 4 is 36.2 Å². The van der Waals surface area contributed by atoms with E-state index in [1.165, 1.54) is 23.0 Å². The van der Waals surface area contributed by atoms with E-state index in [0.29, 0.717) is 0 Å². The Bertz CT molecular complexity index is 41.6. The molecule has 0 aromatic heterocycles. The lowest BCUT2D eigenvalue weighted by Gasteiger charge is -1.96. The van der Waals surface area contributed by atoms with Gasteiger partial charge in [-0.15, -0.1) is 0 Å². The molecular weight excluding hydrogens is 168 g/mol.